The molecule has 3 rings (SSSR count). The van der Waals surface area contributed by atoms with E-state index in [9.17, 15) is 0 Å². The average molecular weight is 252 g/mol. The van der Waals surface area contributed by atoms with Crippen molar-refractivity contribution in [1.82, 2.24) is 10.2 Å². The van der Waals surface area contributed by atoms with Gasteiger partial charge in [0.05, 0.1) is 0 Å². The Hall–Kier alpha value is -1.64. The first-order chi connectivity index (χ1) is 9.34. The molecule has 2 aromatic rings. The molecule has 0 spiro atoms. The van der Waals surface area contributed by atoms with Gasteiger partial charge in [-0.05, 0) is 31.1 Å². The van der Waals surface area contributed by atoms with Crippen LogP contribution in [0.4, 0.5) is 0 Å². The zero-order valence-electron chi connectivity index (χ0n) is 11.3. The highest BCUT2D eigenvalue weighted by Gasteiger charge is 2.39. The molecule has 2 nitrogen and oxygen atoms in total. The summed E-state index contributed by atoms with van der Waals surface area (Å²) in [5.41, 5.74) is 2.42. The lowest BCUT2D eigenvalue weighted by Crippen LogP contribution is -2.59. The predicted octanol–water partition coefficient (Wildman–Crippen LogP) is 2.81. The van der Waals surface area contributed by atoms with Gasteiger partial charge in [-0.1, -0.05) is 60.7 Å². The first-order valence-corrected chi connectivity index (χ1v) is 6.91. The molecule has 1 aliphatic heterocycles. The second-order valence-corrected chi connectivity index (χ2v) is 5.14. The van der Waals surface area contributed by atoms with Crippen LogP contribution >= 0.6 is 0 Å². The average Bonchev–Trinajstić information content (AvgIpc) is 2.50. The first kappa shape index (κ1) is 12.4. The van der Waals surface area contributed by atoms with Crippen molar-refractivity contribution in [3.05, 3.63) is 71.8 Å². The molecule has 0 aromatic heterocycles. The number of nitrogens with one attached hydrogen (secondary N) is 1. The van der Waals surface area contributed by atoms with Crippen LogP contribution in [0.5, 0.6) is 0 Å². The smallest absolute Gasteiger partial charge is 0.124 e. The van der Waals surface area contributed by atoms with Gasteiger partial charge in [-0.2, -0.15) is 0 Å². The van der Waals surface area contributed by atoms with Crippen LogP contribution in [-0.2, 0) is 5.66 Å². The van der Waals surface area contributed by atoms with Gasteiger partial charge in [0.25, 0.3) is 0 Å². The number of hydrogen-bond acceptors (Lipinski definition) is 2. The summed E-state index contributed by atoms with van der Waals surface area (Å²) in [5, 5.41) is 3.74. The van der Waals surface area contributed by atoms with Crippen LogP contribution in [0.25, 0.3) is 0 Å². The number of hydrogen-bond donors (Lipinski definition) is 1. The summed E-state index contributed by atoms with van der Waals surface area (Å²) in [6.45, 7) is 2.16. The van der Waals surface area contributed by atoms with E-state index in [-0.39, 0.29) is 5.66 Å². The minimum atomic E-state index is -0.194. The van der Waals surface area contributed by atoms with Crippen molar-refractivity contribution in [3.63, 3.8) is 0 Å². The van der Waals surface area contributed by atoms with Crippen LogP contribution < -0.4 is 5.32 Å². The number of nitrogens with zero attached hydrogens (tertiary/aromatic N) is 1. The highest BCUT2D eigenvalue weighted by molar-refractivity contribution is 5.38. The molecule has 1 N–H and O–H groups in total. The maximum absolute atomic E-state index is 3.74. The molecule has 0 atom stereocenters. The number of rotatable bonds is 2. The molecule has 2 heteroatoms. The van der Waals surface area contributed by atoms with E-state index in [0.29, 0.717) is 0 Å². The van der Waals surface area contributed by atoms with Gasteiger partial charge in [-0.3, -0.25) is 10.2 Å². The maximum Gasteiger partial charge on any atom is 0.124 e. The standard InChI is InChI=1S/C17H20N2/c1-19-14-8-13-18-17(19,15-9-4-2-5-10-15)16-11-6-3-7-12-16/h2-7,9-12,18H,8,13-14H2,1H3. The number of benzene rings is 2. The third kappa shape index (κ3) is 2.07. The van der Waals surface area contributed by atoms with Gasteiger partial charge in [-0.15, -0.1) is 0 Å². The molecule has 1 saturated heterocycles. The topological polar surface area (TPSA) is 15.3 Å². The Bertz CT molecular complexity index is 482. The molecule has 0 amide bonds. The van der Waals surface area contributed by atoms with Crippen LogP contribution in [0.2, 0.25) is 0 Å². The van der Waals surface area contributed by atoms with Gasteiger partial charge in [-0.25, -0.2) is 0 Å². The van der Waals surface area contributed by atoms with E-state index in [1.807, 2.05) is 0 Å². The molecule has 0 radical (unpaired) electrons. The third-order valence-corrected chi connectivity index (χ3v) is 4.01. The summed E-state index contributed by atoms with van der Waals surface area (Å²) in [7, 11) is 2.20. The molecule has 1 fully saturated rings. The zero-order valence-corrected chi connectivity index (χ0v) is 11.3. The van der Waals surface area contributed by atoms with Gasteiger partial charge in [0.1, 0.15) is 5.66 Å². The normalized spacial score (nSPS) is 19.2. The molecular weight excluding hydrogens is 232 g/mol. The monoisotopic (exact) mass is 252 g/mol. The summed E-state index contributed by atoms with van der Waals surface area (Å²) < 4.78 is 0. The zero-order chi connectivity index (χ0) is 13.1. The molecule has 0 saturated carbocycles. The lowest BCUT2D eigenvalue weighted by molar-refractivity contribution is 0.0861. The van der Waals surface area contributed by atoms with E-state index in [4.69, 9.17) is 0 Å². The largest absolute Gasteiger partial charge is 0.291 e. The fourth-order valence-electron chi connectivity index (χ4n) is 3.06. The van der Waals surface area contributed by atoms with E-state index in [0.717, 1.165) is 13.1 Å². The van der Waals surface area contributed by atoms with Crippen molar-refractivity contribution in [2.75, 3.05) is 20.1 Å². The van der Waals surface area contributed by atoms with Crippen LogP contribution in [0.1, 0.15) is 17.5 Å². The van der Waals surface area contributed by atoms with Crippen molar-refractivity contribution in [2.45, 2.75) is 12.1 Å². The SMILES string of the molecule is CN1CCCNC1(c1ccccc1)c1ccccc1. The van der Waals surface area contributed by atoms with Crippen molar-refractivity contribution in [2.24, 2.45) is 0 Å². The van der Waals surface area contributed by atoms with Gasteiger partial charge in [0, 0.05) is 6.54 Å². The minimum absolute atomic E-state index is 0.194. The second-order valence-electron chi connectivity index (χ2n) is 5.14. The van der Waals surface area contributed by atoms with Crippen LogP contribution in [0.3, 0.4) is 0 Å². The van der Waals surface area contributed by atoms with E-state index < -0.39 is 0 Å². The van der Waals surface area contributed by atoms with Crippen molar-refractivity contribution in [3.8, 4) is 0 Å². The lowest BCUT2D eigenvalue weighted by Gasteiger charge is -2.47. The first-order valence-electron chi connectivity index (χ1n) is 6.91. The maximum atomic E-state index is 3.74. The van der Waals surface area contributed by atoms with Crippen molar-refractivity contribution >= 4 is 0 Å². The fraction of sp³-hybridized carbons (Fsp3) is 0.294. The highest BCUT2D eigenvalue weighted by Crippen LogP contribution is 2.34. The Morgan fingerprint density at radius 2 is 1.42 bits per heavy atom. The fourth-order valence-corrected chi connectivity index (χ4v) is 3.06. The Balaban J connectivity index is 2.16. The second kappa shape index (κ2) is 5.16. The molecule has 0 bridgehead atoms. The Morgan fingerprint density at radius 3 is 1.89 bits per heavy atom. The summed E-state index contributed by atoms with van der Waals surface area (Å²) in [6, 6.07) is 21.5. The van der Waals surface area contributed by atoms with E-state index in [2.05, 4.69) is 77.9 Å². The quantitative estimate of drug-likeness (QED) is 0.884. The summed E-state index contributed by atoms with van der Waals surface area (Å²) in [5.74, 6) is 0. The molecule has 1 heterocycles. The molecule has 0 aliphatic carbocycles. The van der Waals surface area contributed by atoms with E-state index >= 15 is 0 Å². The molecule has 98 valence electrons. The Labute approximate surface area is 115 Å². The summed E-state index contributed by atoms with van der Waals surface area (Å²) in [4.78, 5) is 2.42. The third-order valence-electron chi connectivity index (χ3n) is 4.01. The van der Waals surface area contributed by atoms with Crippen LogP contribution in [0, 0.1) is 0 Å². The van der Waals surface area contributed by atoms with Gasteiger partial charge in [0.15, 0.2) is 0 Å². The van der Waals surface area contributed by atoms with E-state index in [1.54, 1.807) is 0 Å². The van der Waals surface area contributed by atoms with Gasteiger partial charge in [0.2, 0.25) is 0 Å². The van der Waals surface area contributed by atoms with Crippen LogP contribution in [-0.4, -0.2) is 25.0 Å². The van der Waals surface area contributed by atoms with Crippen LogP contribution in [0.15, 0.2) is 60.7 Å². The molecule has 19 heavy (non-hydrogen) atoms. The van der Waals surface area contributed by atoms with Gasteiger partial charge >= 0.3 is 0 Å². The molecular formula is C17H20N2. The molecule has 0 unspecified atom stereocenters. The Kier molecular flexibility index (Phi) is 3.36. The Morgan fingerprint density at radius 1 is 0.895 bits per heavy atom. The molecule has 2 aromatic carbocycles. The molecule has 1 aliphatic rings. The predicted molar refractivity (Wildman–Crippen MR) is 78.9 cm³/mol. The minimum Gasteiger partial charge on any atom is -0.291 e. The highest BCUT2D eigenvalue weighted by atomic mass is 15.3. The lowest BCUT2D eigenvalue weighted by atomic mass is 9.88. The summed E-state index contributed by atoms with van der Waals surface area (Å²) >= 11 is 0. The summed E-state index contributed by atoms with van der Waals surface area (Å²) in [6.07, 6.45) is 1.19. The van der Waals surface area contributed by atoms with Crippen molar-refractivity contribution in [1.29, 1.82) is 0 Å². The van der Waals surface area contributed by atoms with Crippen molar-refractivity contribution < 1.29 is 0 Å². The van der Waals surface area contributed by atoms with E-state index in [1.165, 1.54) is 17.5 Å². The van der Waals surface area contributed by atoms with Gasteiger partial charge < -0.3 is 0 Å².